The molecule has 118 valence electrons. The third-order valence-corrected chi connectivity index (χ3v) is 6.10. The number of ether oxygens (including phenoxy) is 1. The van der Waals surface area contributed by atoms with E-state index in [1.165, 1.54) is 13.5 Å². The van der Waals surface area contributed by atoms with Gasteiger partial charge in [-0.25, -0.2) is 8.42 Å². The lowest BCUT2D eigenvalue weighted by Crippen LogP contribution is -2.37. The molecule has 21 heavy (non-hydrogen) atoms. The van der Waals surface area contributed by atoms with Crippen molar-refractivity contribution in [3.8, 4) is 5.75 Å². The van der Waals surface area contributed by atoms with Gasteiger partial charge < -0.3 is 10.5 Å². The topological polar surface area (TPSA) is 72.6 Å². The summed E-state index contributed by atoms with van der Waals surface area (Å²) in [7, 11) is -2.04. The summed E-state index contributed by atoms with van der Waals surface area (Å²) >= 11 is 0. The van der Waals surface area contributed by atoms with Crippen LogP contribution < -0.4 is 10.5 Å². The molecule has 0 aliphatic heterocycles. The van der Waals surface area contributed by atoms with E-state index >= 15 is 0 Å². The summed E-state index contributed by atoms with van der Waals surface area (Å²) in [4.78, 5) is 0.225. The van der Waals surface area contributed by atoms with E-state index in [9.17, 15) is 8.42 Å². The van der Waals surface area contributed by atoms with Crippen molar-refractivity contribution in [2.75, 3.05) is 20.2 Å². The first-order valence-electron chi connectivity index (χ1n) is 7.40. The normalized spacial score (nSPS) is 16.0. The second-order valence-electron chi connectivity index (χ2n) is 5.44. The summed E-state index contributed by atoms with van der Waals surface area (Å²) in [6.45, 7) is 3.30. The van der Waals surface area contributed by atoms with Crippen molar-refractivity contribution < 1.29 is 13.2 Å². The van der Waals surface area contributed by atoms with Gasteiger partial charge in [-0.2, -0.15) is 4.31 Å². The molecule has 0 unspecified atom stereocenters. The molecule has 6 heteroatoms. The fourth-order valence-corrected chi connectivity index (χ4v) is 4.21. The minimum atomic E-state index is -3.52. The second-order valence-corrected chi connectivity index (χ2v) is 7.35. The van der Waals surface area contributed by atoms with Gasteiger partial charge in [0, 0.05) is 19.6 Å². The Morgan fingerprint density at radius 2 is 2.10 bits per heavy atom. The molecule has 1 fully saturated rings. The molecule has 0 heterocycles. The van der Waals surface area contributed by atoms with Crippen LogP contribution in [0.25, 0.3) is 0 Å². The van der Waals surface area contributed by atoms with Gasteiger partial charge in [-0.1, -0.05) is 19.4 Å². The van der Waals surface area contributed by atoms with Crippen molar-refractivity contribution in [2.45, 2.75) is 37.6 Å². The highest BCUT2D eigenvalue weighted by atomic mass is 32.2. The van der Waals surface area contributed by atoms with Gasteiger partial charge in [-0.05, 0) is 36.5 Å². The molecule has 1 aromatic rings. The van der Waals surface area contributed by atoms with Crippen molar-refractivity contribution >= 4 is 10.0 Å². The smallest absolute Gasteiger partial charge is 0.246 e. The van der Waals surface area contributed by atoms with Crippen LogP contribution in [0.3, 0.4) is 0 Å². The summed E-state index contributed by atoms with van der Waals surface area (Å²) in [5.74, 6) is 0.860. The predicted molar refractivity (Wildman–Crippen MR) is 82.7 cm³/mol. The molecule has 0 bridgehead atoms. The van der Waals surface area contributed by atoms with Crippen LogP contribution in [0.15, 0.2) is 23.1 Å². The average molecular weight is 312 g/mol. The van der Waals surface area contributed by atoms with E-state index in [0.717, 1.165) is 18.4 Å². The lowest BCUT2D eigenvalue weighted by molar-refractivity contribution is 0.249. The maximum Gasteiger partial charge on any atom is 0.246 e. The second kappa shape index (κ2) is 6.77. The van der Waals surface area contributed by atoms with E-state index < -0.39 is 10.0 Å². The quantitative estimate of drug-likeness (QED) is 0.835. The Morgan fingerprint density at radius 3 is 2.57 bits per heavy atom. The van der Waals surface area contributed by atoms with Crippen LogP contribution in [0.2, 0.25) is 0 Å². The number of rotatable bonds is 7. The van der Waals surface area contributed by atoms with E-state index in [2.05, 4.69) is 0 Å². The summed E-state index contributed by atoms with van der Waals surface area (Å²) in [6, 6.07) is 5.04. The molecule has 0 amide bonds. The summed E-state index contributed by atoms with van der Waals surface area (Å²) < 4.78 is 32.5. The zero-order chi connectivity index (χ0) is 15.5. The van der Waals surface area contributed by atoms with Crippen molar-refractivity contribution in [1.29, 1.82) is 0 Å². The average Bonchev–Trinajstić information content (AvgIpc) is 2.45. The number of nitrogens with zero attached hydrogens (tertiary/aromatic N) is 1. The van der Waals surface area contributed by atoms with Crippen molar-refractivity contribution in [3.05, 3.63) is 23.8 Å². The molecular formula is C15H24N2O3S. The van der Waals surface area contributed by atoms with Crippen LogP contribution in [0.5, 0.6) is 5.75 Å². The Kier molecular flexibility index (Phi) is 5.24. The minimum Gasteiger partial charge on any atom is -0.495 e. The number of hydrogen-bond acceptors (Lipinski definition) is 4. The van der Waals surface area contributed by atoms with Gasteiger partial charge in [-0.3, -0.25) is 0 Å². The van der Waals surface area contributed by atoms with Gasteiger partial charge in [0.15, 0.2) is 0 Å². The molecule has 1 aliphatic carbocycles. The van der Waals surface area contributed by atoms with Crippen LogP contribution in [-0.4, -0.2) is 32.9 Å². The number of sulfonamides is 1. The van der Waals surface area contributed by atoms with Crippen molar-refractivity contribution in [1.82, 2.24) is 4.31 Å². The monoisotopic (exact) mass is 312 g/mol. The number of benzene rings is 1. The van der Waals surface area contributed by atoms with Gasteiger partial charge in [0.05, 0.1) is 7.11 Å². The van der Waals surface area contributed by atoms with Crippen molar-refractivity contribution in [2.24, 2.45) is 11.7 Å². The van der Waals surface area contributed by atoms with Crippen LogP contribution in [0.1, 0.15) is 31.7 Å². The number of hydrogen-bond donors (Lipinski definition) is 1. The molecule has 2 rings (SSSR count). The lowest BCUT2D eigenvalue weighted by atomic mass is 9.85. The molecule has 0 spiro atoms. The largest absolute Gasteiger partial charge is 0.495 e. The minimum absolute atomic E-state index is 0.225. The fourth-order valence-electron chi connectivity index (χ4n) is 2.55. The first-order chi connectivity index (χ1) is 10.0. The molecule has 1 saturated carbocycles. The van der Waals surface area contributed by atoms with Gasteiger partial charge in [-0.15, -0.1) is 0 Å². The Hall–Kier alpha value is -1.11. The summed E-state index contributed by atoms with van der Waals surface area (Å²) in [5.41, 5.74) is 6.45. The summed E-state index contributed by atoms with van der Waals surface area (Å²) in [6.07, 6.45) is 3.45. The van der Waals surface area contributed by atoms with Gasteiger partial charge in [0.25, 0.3) is 0 Å². The van der Waals surface area contributed by atoms with E-state index in [1.54, 1.807) is 22.5 Å². The predicted octanol–water partition coefficient (Wildman–Crippen LogP) is 1.96. The Balaban J connectivity index is 2.32. The highest BCUT2D eigenvalue weighted by Gasteiger charge is 2.30. The standard InChI is InChI=1S/C15H24N2O3S/c1-3-17(11-12-5-4-6-12)21(18,19)15-8-7-13(10-16)9-14(15)20-2/h7-9,12H,3-6,10-11,16H2,1-2H3. The van der Waals surface area contributed by atoms with Crippen LogP contribution in [-0.2, 0) is 16.6 Å². The third kappa shape index (κ3) is 3.39. The van der Waals surface area contributed by atoms with Gasteiger partial charge >= 0.3 is 0 Å². The molecule has 0 radical (unpaired) electrons. The molecular weight excluding hydrogens is 288 g/mol. The third-order valence-electron chi connectivity index (χ3n) is 4.12. The SMILES string of the molecule is CCN(CC1CCC1)S(=O)(=O)c1ccc(CN)cc1OC. The van der Waals surface area contributed by atoms with E-state index in [4.69, 9.17) is 10.5 Å². The highest BCUT2D eigenvalue weighted by Crippen LogP contribution is 2.32. The lowest BCUT2D eigenvalue weighted by Gasteiger charge is -2.31. The van der Waals surface area contributed by atoms with E-state index in [-0.39, 0.29) is 4.90 Å². The molecule has 0 aromatic heterocycles. The zero-order valence-corrected chi connectivity index (χ0v) is 13.5. The van der Waals surface area contributed by atoms with Gasteiger partial charge in [0.2, 0.25) is 10.0 Å². The first-order valence-corrected chi connectivity index (χ1v) is 8.84. The Bertz CT molecular complexity index is 583. The molecule has 0 saturated heterocycles. The maximum atomic E-state index is 12.8. The zero-order valence-electron chi connectivity index (χ0n) is 12.7. The Labute approximate surface area is 127 Å². The number of nitrogens with two attached hydrogens (primary N) is 1. The molecule has 0 atom stereocenters. The van der Waals surface area contributed by atoms with Crippen LogP contribution in [0.4, 0.5) is 0 Å². The van der Waals surface area contributed by atoms with Gasteiger partial charge in [0.1, 0.15) is 10.6 Å². The van der Waals surface area contributed by atoms with E-state index in [0.29, 0.717) is 31.3 Å². The van der Waals surface area contributed by atoms with Crippen LogP contribution >= 0.6 is 0 Å². The van der Waals surface area contributed by atoms with E-state index in [1.807, 2.05) is 6.92 Å². The molecule has 2 N–H and O–H groups in total. The number of methoxy groups -OCH3 is 1. The molecule has 1 aliphatic rings. The summed E-state index contributed by atoms with van der Waals surface area (Å²) in [5, 5.41) is 0. The molecule has 1 aromatic carbocycles. The molecule has 5 nitrogen and oxygen atoms in total. The fraction of sp³-hybridized carbons (Fsp3) is 0.600. The van der Waals surface area contributed by atoms with Crippen LogP contribution in [0, 0.1) is 5.92 Å². The first kappa shape index (κ1) is 16.3. The Morgan fingerprint density at radius 1 is 1.38 bits per heavy atom. The van der Waals surface area contributed by atoms with Crippen molar-refractivity contribution in [3.63, 3.8) is 0 Å². The highest BCUT2D eigenvalue weighted by molar-refractivity contribution is 7.89. The maximum absolute atomic E-state index is 12.8.